The summed E-state index contributed by atoms with van der Waals surface area (Å²) in [5.74, 6) is -1.44. The number of nitrogens with zero attached hydrogens (tertiary/aromatic N) is 1. The number of hydrogen-bond donors (Lipinski definition) is 1. The Bertz CT molecular complexity index is 472. The molecule has 102 valence electrons. The Morgan fingerprint density at radius 2 is 1.95 bits per heavy atom. The predicted molar refractivity (Wildman–Crippen MR) is 71.7 cm³/mol. The molecule has 1 amide bonds. The lowest BCUT2D eigenvalue weighted by molar-refractivity contribution is -0.141. The van der Waals surface area contributed by atoms with Crippen LogP contribution in [-0.4, -0.2) is 35.5 Å². The van der Waals surface area contributed by atoms with Crippen LogP contribution >= 0.6 is 0 Å². The van der Waals surface area contributed by atoms with Crippen LogP contribution in [0, 0.1) is 11.8 Å². The number of aliphatic carboxylic acids is 1. The van der Waals surface area contributed by atoms with E-state index in [1.807, 2.05) is 30.3 Å². The van der Waals surface area contributed by atoms with E-state index < -0.39 is 11.9 Å². The zero-order valence-electron chi connectivity index (χ0n) is 11.2. The van der Waals surface area contributed by atoms with Crippen LogP contribution in [-0.2, 0) is 9.59 Å². The summed E-state index contributed by atoms with van der Waals surface area (Å²) in [6, 6.07) is 10.0. The first-order valence-corrected chi connectivity index (χ1v) is 6.53. The molecule has 4 heteroatoms. The first-order valence-electron chi connectivity index (χ1n) is 6.53. The van der Waals surface area contributed by atoms with E-state index in [0.717, 1.165) is 0 Å². The summed E-state index contributed by atoms with van der Waals surface area (Å²) in [5.41, 5.74) is 1.19. The molecule has 0 spiro atoms. The molecule has 1 aliphatic carbocycles. The molecule has 2 rings (SSSR count). The fourth-order valence-electron chi connectivity index (χ4n) is 2.41. The first kappa shape index (κ1) is 13.6. The lowest BCUT2D eigenvalue weighted by atomic mass is 10.0. The molecule has 0 heterocycles. The van der Waals surface area contributed by atoms with E-state index in [2.05, 4.69) is 6.92 Å². The number of amides is 1. The van der Waals surface area contributed by atoms with Crippen molar-refractivity contribution in [1.29, 1.82) is 0 Å². The van der Waals surface area contributed by atoms with E-state index in [-0.39, 0.29) is 17.7 Å². The molecule has 1 fully saturated rings. The van der Waals surface area contributed by atoms with Crippen LogP contribution in [0.25, 0.3) is 0 Å². The van der Waals surface area contributed by atoms with E-state index in [4.69, 9.17) is 5.11 Å². The summed E-state index contributed by atoms with van der Waals surface area (Å²) in [4.78, 5) is 24.5. The highest BCUT2D eigenvalue weighted by Crippen LogP contribution is 2.40. The highest BCUT2D eigenvalue weighted by molar-refractivity contribution is 5.89. The highest BCUT2D eigenvalue weighted by Gasteiger charge is 2.49. The number of rotatable bonds is 5. The summed E-state index contributed by atoms with van der Waals surface area (Å²) < 4.78 is 0. The molecule has 0 saturated heterocycles. The largest absolute Gasteiger partial charge is 0.481 e. The fourth-order valence-corrected chi connectivity index (χ4v) is 2.41. The van der Waals surface area contributed by atoms with Crippen LogP contribution < -0.4 is 0 Å². The Balaban J connectivity index is 1.89. The van der Waals surface area contributed by atoms with E-state index in [0.29, 0.717) is 13.0 Å². The topological polar surface area (TPSA) is 57.6 Å². The van der Waals surface area contributed by atoms with Crippen molar-refractivity contribution >= 4 is 11.9 Å². The van der Waals surface area contributed by atoms with Gasteiger partial charge >= 0.3 is 5.97 Å². The molecule has 0 bridgehead atoms. The Kier molecular flexibility index (Phi) is 3.88. The number of carbonyl (C=O) groups excluding carboxylic acids is 1. The highest BCUT2D eigenvalue weighted by atomic mass is 16.4. The average molecular weight is 261 g/mol. The minimum atomic E-state index is -0.858. The van der Waals surface area contributed by atoms with Crippen molar-refractivity contribution in [1.82, 2.24) is 4.90 Å². The van der Waals surface area contributed by atoms with Gasteiger partial charge in [-0.15, -0.1) is 0 Å². The van der Waals surface area contributed by atoms with Gasteiger partial charge < -0.3 is 10.0 Å². The lowest BCUT2D eigenvalue weighted by Gasteiger charge is -2.22. The van der Waals surface area contributed by atoms with Crippen molar-refractivity contribution in [2.75, 3.05) is 13.6 Å². The molecule has 0 radical (unpaired) electrons. The van der Waals surface area contributed by atoms with Gasteiger partial charge in [-0.05, 0) is 17.9 Å². The van der Waals surface area contributed by atoms with Crippen molar-refractivity contribution in [2.24, 2.45) is 11.8 Å². The molecule has 1 aromatic rings. The van der Waals surface area contributed by atoms with Gasteiger partial charge in [-0.2, -0.15) is 0 Å². The smallest absolute Gasteiger partial charge is 0.307 e. The Labute approximate surface area is 113 Å². The third kappa shape index (κ3) is 3.13. The minimum absolute atomic E-state index is 0.0461. The number of carboxylic acids is 1. The van der Waals surface area contributed by atoms with Gasteiger partial charge in [0.15, 0.2) is 0 Å². The van der Waals surface area contributed by atoms with Gasteiger partial charge in [-0.3, -0.25) is 9.59 Å². The predicted octanol–water partition coefficient (Wildman–Crippen LogP) is 1.97. The summed E-state index contributed by atoms with van der Waals surface area (Å²) in [6.45, 7) is 2.69. The van der Waals surface area contributed by atoms with E-state index in [1.165, 1.54) is 5.56 Å². The molecule has 4 nitrogen and oxygen atoms in total. The van der Waals surface area contributed by atoms with Crippen LogP contribution in [0.15, 0.2) is 30.3 Å². The maximum absolute atomic E-state index is 12.0. The van der Waals surface area contributed by atoms with Crippen LogP contribution in [0.4, 0.5) is 0 Å². The second-order valence-electron chi connectivity index (χ2n) is 5.32. The van der Waals surface area contributed by atoms with Gasteiger partial charge in [0.2, 0.25) is 5.91 Å². The number of carboxylic acid groups (broad SMARTS) is 1. The van der Waals surface area contributed by atoms with Crippen molar-refractivity contribution < 1.29 is 14.7 Å². The van der Waals surface area contributed by atoms with Crippen molar-refractivity contribution in [3.63, 3.8) is 0 Å². The maximum atomic E-state index is 12.0. The summed E-state index contributed by atoms with van der Waals surface area (Å²) >= 11 is 0. The zero-order chi connectivity index (χ0) is 14.0. The normalized spacial score (nSPS) is 22.6. The van der Waals surface area contributed by atoms with E-state index >= 15 is 0 Å². The quantitative estimate of drug-likeness (QED) is 0.881. The fraction of sp³-hybridized carbons (Fsp3) is 0.467. The van der Waals surface area contributed by atoms with Gasteiger partial charge in [-0.1, -0.05) is 37.3 Å². The molecule has 1 N–H and O–H groups in total. The molecule has 1 aliphatic rings. The third-order valence-electron chi connectivity index (χ3n) is 3.72. The Morgan fingerprint density at radius 3 is 2.47 bits per heavy atom. The summed E-state index contributed by atoms with van der Waals surface area (Å²) in [6.07, 6.45) is 0.484. The van der Waals surface area contributed by atoms with E-state index in [9.17, 15) is 9.59 Å². The zero-order valence-corrected chi connectivity index (χ0v) is 11.2. The monoisotopic (exact) mass is 261 g/mol. The van der Waals surface area contributed by atoms with E-state index in [1.54, 1.807) is 11.9 Å². The van der Waals surface area contributed by atoms with Crippen molar-refractivity contribution in [2.45, 2.75) is 19.3 Å². The number of benzene rings is 1. The average Bonchev–Trinajstić information content (AvgIpc) is 3.19. The molecule has 1 saturated carbocycles. The van der Waals surface area contributed by atoms with Crippen LogP contribution in [0.3, 0.4) is 0 Å². The molecule has 1 aromatic carbocycles. The van der Waals surface area contributed by atoms with Gasteiger partial charge in [0.1, 0.15) is 0 Å². The van der Waals surface area contributed by atoms with Crippen LogP contribution in [0.1, 0.15) is 24.8 Å². The van der Waals surface area contributed by atoms with Gasteiger partial charge in [0.25, 0.3) is 0 Å². The van der Waals surface area contributed by atoms with Crippen LogP contribution in [0.5, 0.6) is 0 Å². The van der Waals surface area contributed by atoms with Crippen LogP contribution in [0.2, 0.25) is 0 Å². The number of hydrogen-bond acceptors (Lipinski definition) is 2. The second kappa shape index (κ2) is 5.43. The van der Waals surface area contributed by atoms with Crippen molar-refractivity contribution in [3.8, 4) is 0 Å². The number of carbonyl (C=O) groups is 2. The summed E-state index contributed by atoms with van der Waals surface area (Å²) in [7, 11) is 1.75. The second-order valence-corrected chi connectivity index (χ2v) is 5.32. The Hall–Kier alpha value is -1.84. The Morgan fingerprint density at radius 1 is 1.32 bits per heavy atom. The minimum Gasteiger partial charge on any atom is -0.481 e. The third-order valence-corrected chi connectivity index (χ3v) is 3.72. The molecule has 3 unspecified atom stereocenters. The maximum Gasteiger partial charge on any atom is 0.307 e. The van der Waals surface area contributed by atoms with Gasteiger partial charge in [-0.25, -0.2) is 0 Å². The molecular formula is C15H19NO3. The molecule has 3 atom stereocenters. The first-order chi connectivity index (χ1) is 9.00. The molecular weight excluding hydrogens is 242 g/mol. The van der Waals surface area contributed by atoms with Crippen molar-refractivity contribution in [3.05, 3.63) is 35.9 Å². The molecule has 0 aliphatic heterocycles. The SMILES string of the molecule is CC(CN(C)C(=O)C1CC1C(=O)O)c1ccccc1. The molecule has 19 heavy (non-hydrogen) atoms. The standard InChI is InChI=1S/C15H19NO3/c1-10(11-6-4-3-5-7-11)9-16(2)14(17)12-8-13(12)15(18)19/h3-7,10,12-13H,8-9H2,1-2H3,(H,18,19). The lowest BCUT2D eigenvalue weighted by Crippen LogP contribution is -2.32. The number of likely N-dealkylation sites (N-methyl/N-ethyl adjacent to an activating group) is 1. The van der Waals surface area contributed by atoms with Gasteiger partial charge in [0, 0.05) is 13.6 Å². The summed E-state index contributed by atoms with van der Waals surface area (Å²) in [5, 5.41) is 8.84. The van der Waals surface area contributed by atoms with Gasteiger partial charge in [0.05, 0.1) is 11.8 Å². The molecule has 0 aromatic heterocycles.